The van der Waals surface area contributed by atoms with E-state index in [-0.39, 0.29) is 5.95 Å². The highest BCUT2D eigenvalue weighted by atomic mass is 16.5. The second-order valence-electron chi connectivity index (χ2n) is 3.64. The van der Waals surface area contributed by atoms with E-state index < -0.39 is 0 Å². The lowest BCUT2D eigenvalue weighted by molar-refractivity contribution is 0.416. The van der Waals surface area contributed by atoms with Crippen molar-refractivity contribution in [2.75, 3.05) is 30.8 Å². The van der Waals surface area contributed by atoms with Gasteiger partial charge in [0, 0.05) is 13.1 Å². The summed E-state index contributed by atoms with van der Waals surface area (Å²) < 4.78 is 6.97. The molecule has 0 spiro atoms. The summed E-state index contributed by atoms with van der Waals surface area (Å²) in [4.78, 5) is 6.35. The van der Waals surface area contributed by atoms with Crippen LogP contribution in [-0.4, -0.2) is 34.8 Å². The zero-order valence-corrected chi connectivity index (χ0v) is 10.3. The molecule has 6 heteroatoms. The van der Waals surface area contributed by atoms with Crippen molar-refractivity contribution in [3.63, 3.8) is 0 Å². The van der Waals surface area contributed by atoms with E-state index in [1.165, 1.54) is 0 Å². The molecule has 92 valence electrons. The van der Waals surface area contributed by atoms with E-state index in [2.05, 4.69) is 28.8 Å². The monoisotopic (exact) mass is 235 g/mol. The fourth-order valence-corrected chi connectivity index (χ4v) is 1.89. The Balaban J connectivity index is 2.65. The van der Waals surface area contributed by atoms with Gasteiger partial charge in [0.2, 0.25) is 11.6 Å². The molecule has 2 aromatic heterocycles. The summed E-state index contributed by atoms with van der Waals surface area (Å²) in [5.41, 5.74) is 6.30. The molecule has 0 aliphatic heterocycles. The topological polar surface area (TPSA) is 68.7 Å². The van der Waals surface area contributed by atoms with Gasteiger partial charge in [-0.3, -0.25) is 0 Å². The molecule has 2 heterocycles. The van der Waals surface area contributed by atoms with Crippen LogP contribution in [0.4, 0.5) is 11.8 Å². The number of ether oxygens (including phenoxy) is 1. The number of rotatable bonds is 4. The molecule has 0 aliphatic rings. The number of nitrogens with zero attached hydrogens (tertiary/aromatic N) is 4. The molecule has 0 amide bonds. The van der Waals surface area contributed by atoms with E-state index in [1.54, 1.807) is 11.6 Å². The Morgan fingerprint density at radius 3 is 2.65 bits per heavy atom. The number of methoxy groups -OCH3 is 1. The number of hydrogen-bond acceptors (Lipinski definition) is 5. The van der Waals surface area contributed by atoms with Gasteiger partial charge in [-0.15, -0.1) is 5.10 Å². The van der Waals surface area contributed by atoms with Gasteiger partial charge in [-0.05, 0) is 26.0 Å². The van der Waals surface area contributed by atoms with Crippen molar-refractivity contribution in [1.82, 2.24) is 14.6 Å². The van der Waals surface area contributed by atoms with Crippen molar-refractivity contribution in [2.24, 2.45) is 0 Å². The molecule has 2 aromatic rings. The number of hydrogen-bond donors (Lipinski definition) is 1. The van der Waals surface area contributed by atoms with Crippen molar-refractivity contribution in [1.29, 1.82) is 0 Å². The first-order valence-electron chi connectivity index (χ1n) is 5.65. The predicted octanol–water partition coefficient (Wildman–Crippen LogP) is 1.17. The van der Waals surface area contributed by atoms with Gasteiger partial charge in [-0.1, -0.05) is 0 Å². The summed E-state index contributed by atoms with van der Waals surface area (Å²) >= 11 is 0. The minimum atomic E-state index is 0.253. The van der Waals surface area contributed by atoms with Crippen LogP contribution in [0.2, 0.25) is 0 Å². The summed E-state index contributed by atoms with van der Waals surface area (Å²) in [6.07, 6.45) is 0. The zero-order chi connectivity index (χ0) is 12.4. The van der Waals surface area contributed by atoms with Gasteiger partial charge in [-0.25, -0.2) is 0 Å². The highest BCUT2D eigenvalue weighted by molar-refractivity contribution is 5.61. The molecule has 0 radical (unpaired) electrons. The van der Waals surface area contributed by atoms with E-state index in [0.29, 0.717) is 11.4 Å². The summed E-state index contributed by atoms with van der Waals surface area (Å²) in [6.45, 7) is 6.00. The number of anilines is 2. The van der Waals surface area contributed by atoms with Crippen LogP contribution >= 0.6 is 0 Å². The Morgan fingerprint density at radius 2 is 2.06 bits per heavy atom. The lowest BCUT2D eigenvalue weighted by atomic mass is 10.3. The van der Waals surface area contributed by atoms with E-state index >= 15 is 0 Å². The SMILES string of the molecule is CCN(CC)c1ccc(OC)c2nc(N)nn12. The van der Waals surface area contributed by atoms with Crippen LogP contribution in [0.3, 0.4) is 0 Å². The summed E-state index contributed by atoms with van der Waals surface area (Å²) in [5, 5.41) is 4.20. The Morgan fingerprint density at radius 1 is 1.35 bits per heavy atom. The maximum Gasteiger partial charge on any atom is 0.240 e. The molecule has 0 unspecified atom stereocenters. The van der Waals surface area contributed by atoms with E-state index in [1.807, 2.05) is 12.1 Å². The van der Waals surface area contributed by atoms with Gasteiger partial charge in [0.15, 0.2) is 5.75 Å². The van der Waals surface area contributed by atoms with Crippen LogP contribution in [0.1, 0.15) is 13.8 Å². The minimum absolute atomic E-state index is 0.253. The highest BCUT2D eigenvalue weighted by Crippen LogP contribution is 2.24. The van der Waals surface area contributed by atoms with Crippen LogP contribution in [0.5, 0.6) is 5.75 Å². The molecular weight excluding hydrogens is 218 g/mol. The fourth-order valence-electron chi connectivity index (χ4n) is 1.89. The largest absolute Gasteiger partial charge is 0.493 e. The lowest BCUT2D eigenvalue weighted by Gasteiger charge is -2.21. The van der Waals surface area contributed by atoms with Gasteiger partial charge < -0.3 is 15.4 Å². The van der Waals surface area contributed by atoms with Gasteiger partial charge in [0.1, 0.15) is 5.82 Å². The molecule has 0 saturated carbocycles. The third-order valence-electron chi connectivity index (χ3n) is 2.75. The Hall–Kier alpha value is -1.98. The van der Waals surface area contributed by atoms with E-state index in [9.17, 15) is 0 Å². The average molecular weight is 235 g/mol. The first kappa shape index (κ1) is 11.5. The standard InChI is InChI=1S/C11H17N5O/c1-4-15(5-2)9-7-6-8(17-3)10-13-11(12)14-16(9)10/h6-7H,4-5H2,1-3H3,(H2,12,14). The van der Waals surface area contributed by atoms with Crippen molar-refractivity contribution in [2.45, 2.75) is 13.8 Å². The second kappa shape index (κ2) is 4.48. The predicted molar refractivity (Wildman–Crippen MR) is 67.5 cm³/mol. The number of nitrogen functional groups attached to an aromatic ring is 1. The number of nitrogens with two attached hydrogens (primary N) is 1. The quantitative estimate of drug-likeness (QED) is 0.861. The summed E-state index contributed by atoms with van der Waals surface area (Å²) in [7, 11) is 1.61. The van der Waals surface area contributed by atoms with Gasteiger partial charge in [0.25, 0.3) is 0 Å². The van der Waals surface area contributed by atoms with Crippen molar-refractivity contribution < 1.29 is 4.74 Å². The van der Waals surface area contributed by atoms with Gasteiger partial charge >= 0.3 is 0 Å². The Kier molecular flexibility index (Phi) is 3.03. The maximum absolute atomic E-state index is 5.65. The first-order chi connectivity index (χ1) is 8.21. The van der Waals surface area contributed by atoms with Crippen molar-refractivity contribution in [3.05, 3.63) is 12.1 Å². The highest BCUT2D eigenvalue weighted by Gasteiger charge is 2.13. The van der Waals surface area contributed by atoms with E-state index in [0.717, 1.165) is 18.9 Å². The van der Waals surface area contributed by atoms with Crippen molar-refractivity contribution in [3.8, 4) is 5.75 Å². The maximum atomic E-state index is 5.65. The molecule has 0 saturated heterocycles. The summed E-state index contributed by atoms with van der Waals surface area (Å²) in [5.74, 6) is 1.89. The molecule has 2 N–H and O–H groups in total. The van der Waals surface area contributed by atoms with Crippen LogP contribution in [0, 0.1) is 0 Å². The molecular formula is C11H17N5O. The van der Waals surface area contributed by atoms with Crippen LogP contribution in [0.25, 0.3) is 5.65 Å². The zero-order valence-electron chi connectivity index (χ0n) is 10.3. The second-order valence-corrected chi connectivity index (χ2v) is 3.64. The molecule has 0 bridgehead atoms. The van der Waals surface area contributed by atoms with Crippen LogP contribution in [-0.2, 0) is 0 Å². The number of fused-ring (bicyclic) bond motifs is 1. The van der Waals surface area contributed by atoms with Gasteiger partial charge in [0.05, 0.1) is 7.11 Å². The smallest absolute Gasteiger partial charge is 0.240 e. The van der Waals surface area contributed by atoms with Gasteiger partial charge in [-0.2, -0.15) is 9.50 Å². The molecule has 0 aromatic carbocycles. The van der Waals surface area contributed by atoms with E-state index in [4.69, 9.17) is 10.5 Å². The Labute approximate surface area is 100.0 Å². The number of aromatic nitrogens is 3. The molecule has 0 aliphatic carbocycles. The summed E-state index contributed by atoms with van der Waals surface area (Å²) in [6, 6.07) is 3.85. The Bertz CT molecular complexity index is 518. The molecule has 6 nitrogen and oxygen atoms in total. The molecule has 17 heavy (non-hydrogen) atoms. The molecule has 2 rings (SSSR count). The van der Waals surface area contributed by atoms with Crippen LogP contribution < -0.4 is 15.4 Å². The van der Waals surface area contributed by atoms with Crippen molar-refractivity contribution >= 4 is 17.4 Å². The number of pyridine rings is 1. The normalized spacial score (nSPS) is 10.8. The third kappa shape index (κ3) is 1.86. The lowest BCUT2D eigenvalue weighted by Crippen LogP contribution is -2.24. The molecule has 0 fully saturated rings. The fraction of sp³-hybridized carbons (Fsp3) is 0.455. The molecule has 0 atom stereocenters. The average Bonchev–Trinajstić information content (AvgIpc) is 2.72. The van der Waals surface area contributed by atoms with Crippen LogP contribution in [0.15, 0.2) is 12.1 Å². The third-order valence-corrected chi connectivity index (χ3v) is 2.75. The minimum Gasteiger partial charge on any atom is -0.493 e. The first-order valence-corrected chi connectivity index (χ1v) is 5.65.